The van der Waals surface area contributed by atoms with Crippen LogP contribution in [0.15, 0.2) is 17.0 Å². The minimum atomic E-state index is -0.948. The summed E-state index contributed by atoms with van der Waals surface area (Å²) in [6.07, 6.45) is 1.59. The first-order valence-electron chi connectivity index (χ1n) is 6.72. The number of benzene rings is 1. The van der Waals surface area contributed by atoms with Crippen molar-refractivity contribution in [3.05, 3.63) is 39.8 Å². The van der Waals surface area contributed by atoms with E-state index < -0.39 is 17.6 Å². The smallest absolute Gasteiger partial charge is 0.303 e. The Kier molecular flexibility index (Phi) is 5.48. The highest BCUT2D eigenvalue weighted by atomic mass is 32.2. The van der Waals surface area contributed by atoms with Gasteiger partial charge in [-0.15, -0.1) is 0 Å². The Balaban J connectivity index is 2.17. The van der Waals surface area contributed by atoms with Crippen LogP contribution in [-0.4, -0.2) is 32.7 Å². The number of halogens is 2. The normalized spacial score (nSPS) is 16.5. The molecule has 0 bridgehead atoms. The molecule has 122 valence electrons. The Morgan fingerprint density at radius 2 is 2.00 bits per heavy atom. The number of hydrogen-bond donors (Lipinski definition) is 1. The fraction of sp³-hybridized carbons (Fsp3) is 0.267. The lowest BCUT2D eigenvalue weighted by molar-refractivity contribution is -0.137. The van der Waals surface area contributed by atoms with Crippen molar-refractivity contribution in [2.24, 2.45) is 0 Å². The number of carbonyl (C=O) groups excluding carboxylic acids is 1. The second-order valence-corrected chi connectivity index (χ2v) is 6.62. The van der Waals surface area contributed by atoms with E-state index in [0.29, 0.717) is 4.32 Å². The third kappa shape index (κ3) is 4.14. The number of carbonyl (C=O) groups is 2. The average Bonchev–Trinajstić information content (AvgIpc) is 2.71. The van der Waals surface area contributed by atoms with E-state index in [0.717, 1.165) is 23.9 Å². The molecule has 1 N–H and O–H groups in total. The van der Waals surface area contributed by atoms with Gasteiger partial charge in [0.05, 0.1) is 4.91 Å². The zero-order valence-electron chi connectivity index (χ0n) is 12.1. The summed E-state index contributed by atoms with van der Waals surface area (Å²) in [6, 6.07) is 2.30. The maximum atomic E-state index is 13.6. The number of carboxylic acids is 1. The minimum absolute atomic E-state index is 0.0650. The molecule has 0 atom stereocenters. The van der Waals surface area contributed by atoms with Gasteiger partial charge in [-0.2, -0.15) is 0 Å². The highest BCUT2D eigenvalue weighted by Crippen LogP contribution is 2.33. The van der Waals surface area contributed by atoms with Crippen molar-refractivity contribution in [1.29, 1.82) is 0 Å². The number of thioether (sulfide) groups is 1. The number of nitrogens with zero attached hydrogens (tertiary/aromatic N) is 1. The summed E-state index contributed by atoms with van der Waals surface area (Å²) in [6.45, 7) is 1.53. The first-order valence-corrected chi connectivity index (χ1v) is 7.95. The zero-order chi connectivity index (χ0) is 17.1. The van der Waals surface area contributed by atoms with E-state index in [1.165, 1.54) is 17.9 Å². The third-order valence-electron chi connectivity index (χ3n) is 3.25. The largest absolute Gasteiger partial charge is 0.481 e. The second-order valence-electron chi connectivity index (χ2n) is 4.94. The molecule has 0 radical (unpaired) electrons. The molecule has 23 heavy (non-hydrogen) atoms. The first-order chi connectivity index (χ1) is 10.8. The Morgan fingerprint density at radius 1 is 1.39 bits per heavy atom. The molecule has 8 heteroatoms. The summed E-state index contributed by atoms with van der Waals surface area (Å²) in [7, 11) is 0. The highest BCUT2D eigenvalue weighted by molar-refractivity contribution is 8.26. The molecule has 4 nitrogen and oxygen atoms in total. The van der Waals surface area contributed by atoms with Gasteiger partial charge in [0.15, 0.2) is 0 Å². The molecule has 1 aromatic rings. The van der Waals surface area contributed by atoms with Crippen molar-refractivity contribution in [3.8, 4) is 0 Å². The van der Waals surface area contributed by atoms with Gasteiger partial charge in [-0.3, -0.25) is 14.5 Å². The molecule has 1 aromatic carbocycles. The van der Waals surface area contributed by atoms with Crippen LogP contribution in [-0.2, 0) is 9.59 Å². The topological polar surface area (TPSA) is 57.6 Å². The van der Waals surface area contributed by atoms with Gasteiger partial charge in [0, 0.05) is 18.5 Å². The van der Waals surface area contributed by atoms with Crippen molar-refractivity contribution >= 4 is 46.3 Å². The molecule has 0 saturated carbocycles. The van der Waals surface area contributed by atoms with E-state index in [1.54, 1.807) is 0 Å². The molecular weight excluding hydrogens is 344 g/mol. The van der Waals surface area contributed by atoms with Gasteiger partial charge in [-0.05, 0) is 37.1 Å². The van der Waals surface area contributed by atoms with Crippen LogP contribution in [0.3, 0.4) is 0 Å². The predicted molar refractivity (Wildman–Crippen MR) is 87.8 cm³/mol. The summed E-state index contributed by atoms with van der Waals surface area (Å²) in [5, 5.41) is 8.62. The molecule has 1 aliphatic heterocycles. The summed E-state index contributed by atoms with van der Waals surface area (Å²) < 4.78 is 27.4. The van der Waals surface area contributed by atoms with Gasteiger partial charge in [0.25, 0.3) is 5.91 Å². The molecular formula is C15H13F2NO3S2. The fourth-order valence-electron chi connectivity index (χ4n) is 1.98. The monoisotopic (exact) mass is 357 g/mol. The molecule has 0 aromatic heterocycles. The van der Waals surface area contributed by atoms with Crippen LogP contribution in [0.2, 0.25) is 0 Å². The first kappa shape index (κ1) is 17.6. The van der Waals surface area contributed by atoms with Gasteiger partial charge in [0.1, 0.15) is 16.0 Å². The van der Waals surface area contributed by atoms with E-state index in [4.69, 9.17) is 17.3 Å². The Hall–Kier alpha value is -1.80. The van der Waals surface area contributed by atoms with Gasteiger partial charge < -0.3 is 5.11 Å². The minimum Gasteiger partial charge on any atom is -0.481 e. The SMILES string of the molecule is Cc1c(F)cc(/C=C2\SC(=S)N(CCCC(=O)O)C2=O)cc1F. The lowest BCUT2D eigenvalue weighted by atomic mass is 10.1. The molecule has 0 aliphatic carbocycles. The van der Waals surface area contributed by atoms with E-state index in [9.17, 15) is 18.4 Å². The Bertz CT molecular complexity index is 696. The summed E-state index contributed by atoms with van der Waals surface area (Å²) in [5.74, 6) is -2.70. The van der Waals surface area contributed by atoms with Crippen molar-refractivity contribution in [2.75, 3.05) is 6.54 Å². The van der Waals surface area contributed by atoms with Gasteiger partial charge in [0.2, 0.25) is 0 Å². The average molecular weight is 357 g/mol. The fourth-order valence-corrected chi connectivity index (χ4v) is 3.29. The van der Waals surface area contributed by atoms with E-state index in [1.807, 2.05) is 0 Å². The van der Waals surface area contributed by atoms with Gasteiger partial charge in [-0.25, -0.2) is 8.78 Å². The molecule has 1 aliphatic rings. The van der Waals surface area contributed by atoms with E-state index >= 15 is 0 Å². The van der Waals surface area contributed by atoms with Gasteiger partial charge >= 0.3 is 5.97 Å². The Morgan fingerprint density at radius 3 is 2.57 bits per heavy atom. The third-order valence-corrected chi connectivity index (χ3v) is 4.62. The maximum absolute atomic E-state index is 13.6. The quantitative estimate of drug-likeness (QED) is 0.647. The summed E-state index contributed by atoms with van der Waals surface area (Å²) in [4.78, 5) is 24.3. The number of hydrogen-bond acceptors (Lipinski definition) is 4. The van der Waals surface area contributed by atoms with Crippen LogP contribution < -0.4 is 0 Å². The van der Waals surface area contributed by atoms with Crippen LogP contribution in [0.1, 0.15) is 24.0 Å². The lowest BCUT2D eigenvalue weighted by Crippen LogP contribution is -2.29. The van der Waals surface area contributed by atoms with Crippen molar-refractivity contribution in [3.63, 3.8) is 0 Å². The molecule has 2 rings (SSSR count). The van der Waals surface area contributed by atoms with Crippen LogP contribution in [0.4, 0.5) is 8.78 Å². The molecule has 0 unspecified atom stereocenters. The summed E-state index contributed by atoms with van der Waals surface area (Å²) in [5.41, 5.74) is 0.153. The molecule has 1 saturated heterocycles. The summed E-state index contributed by atoms with van der Waals surface area (Å²) >= 11 is 6.12. The molecule has 0 spiro atoms. The van der Waals surface area contributed by atoms with Gasteiger partial charge in [-0.1, -0.05) is 24.0 Å². The van der Waals surface area contributed by atoms with Crippen LogP contribution >= 0.6 is 24.0 Å². The number of amides is 1. The number of rotatable bonds is 5. The van der Waals surface area contributed by atoms with Crippen LogP contribution in [0.5, 0.6) is 0 Å². The second kappa shape index (κ2) is 7.18. The molecule has 1 fully saturated rings. The standard InChI is InChI=1S/C15H13F2NO3S2/c1-8-10(16)5-9(6-11(8)17)7-12-14(21)18(15(22)23-12)4-2-3-13(19)20/h5-7H,2-4H2,1H3,(H,19,20)/b12-7-. The number of aliphatic carboxylic acids is 1. The molecule has 1 amide bonds. The van der Waals surface area contributed by atoms with Crippen LogP contribution in [0.25, 0.3) is 6.08 Å². The maximum Gasteiger partial charge on any atom is 0.303 e. The number of carboxylic acid groups (broad SMARTS) is 1. The highest BCUT2D eigenvalue weighted by Gasteiger charge is 2.31. The van der Waals surface area contributed by atoms with Crippen molar-refractivity contribution in [1.82, 2.24) is 4.90 Å². The zero-order valence-corrected chi connectivity index (χ0v) is 13.8. The van der Waals surface area contributed by atoms with Crippen molar-refractivity contribution in [2.45, 2.75) is 19.8 Å². The number of thiocarbonyl (C=S) groups is 1. The molecule has 1 heterocycles. The lowest BCUT2D eigenvalue weighted by Gasteiger charge is -2.13. The van der Waals surface area contributed by atoms with Crippen LogP contribution in [0, 0.1) is 18.6 Å². The predicted octanol–water partition coefficient (Wildman–Crippen LogP) is 3.34. The van der Waals surface area contributed by atoms with E-state index in [-0.39, 0.29) is 41.3 Å². The van der Waals surface area contributed by atoms with Crippen molar-refractivity contribution < 1.29 is 23.5 Å². The van der Waals surface area contributed by atoms with E-state index in [2.05, 4.69) is 0 Å². The Labute approximate surface area is 141 Å².